The third-order valence-electron chi connectivity index (χ3n) is 5.03. The standard InChI is InChI=1S/C21H37N5/c1-5-19-9-7-8-10-20(19)16-24-21(22-6-2)23-15-18(3)17-26-13-11-25(4)12-14-26/h7-10,18H,5-6,11-17H2,1-4H3,(H2,22,23,24). The Morgan fingerprint density at radius 1 is 1.08 bits per heavy atom. The predicted molar refractivity (Wildman–Crippen MR) is 112 cm³/mol. The van der Waals surface area contributed by atoms with Gasteiger partial charge in [-0.25, -0.2) is 4.99 Å². The molecule has 26 heavy (non-hydrogen) atoms. The van der Waals surface area contributed by atoms with Crippen LogP contribution < -0.4 is 10.6 Å². The summed E-state index contributed by atoms with van der Waals surface area (Å²) in [6, 6.07) is 8.59. The molecule has 1 aliphatic rings. The minimum Gasteiger partial charge on any atom is -0.357 e. The number of benzene rings is 1. The van der Waals surface area contributed by atoms with Crippen molar-refractivity contribution in [1.82, 2.24) is 20.4 Å². The molecule has 1 atom stereocenters. The lowest BCUT2D eigenvalue weighted by atomic mass is 10.1. The largest absolute Gasteiger partial charge is 0.357 e. The number of nitrogens with one attached hydrogen (secondary N) is 2. The van der Waals surface area contributed by atoms with Gasteiger partial charge in [0.05, 0.1) is 6.54 Å². The molecule has 0 radical (unpaired) electrons. The SMILES string of the molecule is CCNC(=NCc1ccccc1CC)NCC(C)CN1CCN(C)CC1. The van der Waals surface area contributed by atoms with Crippen molar-refractivity contribution in [3.63, 3.8) is 0 Å². The van der Waals surface area contributed by atoms with Gasteiger partial charge in [-0.2, -0.15) is 0 Å². The van der Waals surface area contributed by atoms with E-state index in [0.29, 0.717) is 5.92 Å². The van der Waals surface area contributed by atoms with Crippen LogP contribution in [0, 0.1) is 5.92 Å². The Balaban J connectivity index is 1.82. The number of likely N-dealkylation sites (N-methyl/N-ethyl adjacent to an activating group) is 1. The van der Waals surface area contributed by atoms with Crippen LogP contribution in [0.3, 0.4) is 0 Å². The van der Waals surface area contributed by atoms with E-state index < -0.39 is 0 Å². The zero-order chi connectivity index (χ0) is 18.8. The molecule has 1 heterocycles. The van der Waals surface area contributed by atoms with Gasteiger partial charge in [0.25, 0.3) is 0 Å². The summed E-state index contributed by atoms with van der Waals surface area (Å²) in [5, 5.41) is 6.90. The molecule has 146 valence electrons. The van der Waals surface area contributed by atoms with E-state index in [1.54, 1.807) is 0 Å². The quantitative estimate of drug-likeness (QED) is 0.552. The monoisotopic (exact) mass is 359 g/mol. The highest BCUT2D eigenvalue weighted by Crippen LogP contribution is 2.10. The number of rotatable bonds is 8. The predicted octanol–water partition coefficient (Wildman–Crippen LogP) is 2.19. The second-order valence-electron chi connectivity index (χ2n) is 7.41. The first-order chi connectivity index (χ1) is 12.6. The van der Waals surface area contributed by atoms with Gasteiger partial charge in [0, 0.05) is 45.8 Å². The summed E-state index contributed by atoms with van der Waals surface area (Å²) in [7, 11) is 2.21. The zero-order valence-corrected chi connectivity index (χ0v) is 17.1. The third-order valence-corrected chi connectivity index (χ3v) is 5.03. The highest BCUT2D eigenvalue weighted by molar-refractivity contribution is 5.79. The Kier molecular flexibility index (Phi) is 8.92. The minimum absolute atomic E-state index is 0.602. The summed E-state index contributed by atoms with van der Waals surface area (Å²) in [4.78, 5) is 9.78. The van der Waals surface area contributed by atoms with Gasteiger partial charge in [-0.15, -0.1) is 0 Å². The topological polar surface area (TPSA) is 42.9 Å². The van der Waals surface area contributed by atoms with Crippen molar-refractivity contribution in [2.45, 2.75) is 33.7 Å². The van der Waals surface area contributed by atoms with Crippen LogP contribution in [0.5, 0.6) is 0 Å². The molecule has 1 aromatic carbocycles. The van der Waals surface area contributed by atoms with Crippen molar-refractivity contribution < 1.29 is 0 Å². The van der Waals surface area contributed by atoms with E-state index in [0.717, 1.165) is 38.6 Å². The van der Waals surface area contributed by atoms with Crippen molar-refractivity contribution in [3.05, 3.63) is 35.4 Å². The van der Waals surface area contributed by atoms with Gasteiger partial charge in [0.1, 0.15) is 0 Å². The Morgan fingerprint density at radius 3 is 2.42 bits per heavy atom. The van der Waals surface area contributed by atoms with Crippen LogP contribution in [-0.2, 0) is 13.0 Å². The van der Waals surface area contributed by atoms with Crippen molar-refractivity contribution in [2.75, 3.05) is 52.9 Å². The first-order valence-electron chi connectivity index (χ1n) is 10.1. The van der Waals surface area contributed by atoms with Crippen LogP contribution in [0.1, 0.15) is 31.9 Å². The number of hydrogen-bond donors (Lipinski definition) is 2. The molecule has 1 saturated heterocycles. The van der Waals surface area contributed by atoms with Crippen LogP contribution >= 0.6 is 0 Å². The molecule has 1 unspecified atom stereocenters. The summed E-state index contributed by atoms with van der Waals surface area (Å²) >= 11 is 0. The normalized spacial score (nSPS) is 17.9. The number of guanidine groups is 1. The molecule has 5 heteroatoms. The molecule has 0 spiro atoms. The van der Waals surface area contributed by atoms with E-state index in [4.69, 9.17) is 4.99 Å². The minimum atomic E-state index is 0.602. The van der Waals surface area contributed by atoms with Crippen LogP contribution in [0.2, 0.25) is 0 Å². The maximum absolute atomic E-state index is 4.80. The van der Waals surface area contributed by atoms with Gasteiger partial charge in [-0.1, -0.05) is 38.1 Å². The highest BCUT2D eigenvalue weighted by atomic mass is 15.2. The van der Waals surface area contributed by atoms with Crippen molar-refractivity contribution in [3.8, 4) is 0 Å². The molecular weight excluding hydrogens is 322 g/mol. The molecule has 0 saturated carbocycles. The number of aryl methyl sites for hydroxylation is 1. The molecule has 1 aromatic rings. The maximum atomic E-state index is 4.80. The smallest absolute Gasteiger partial charge is 0.191 e. The van der Waals surface area contributed by atoms with Gasteiger partial charge >= 0.3 is 0 Å². The number of hydrogen-bond acceptors (Lipinski definition) is 3. The summed E-state index contributed by atoms with van der Waals surface area (Å²) in [5.41, 5.74) is 2.70. The summed E-state index contributed by atoms with van der Waals surface area (Å²) in [6.07, 6.45) is 1.05. The first kappa shape index (κ1) is 20.7. The number of piperazine rings is 1. The molecule has 0 amide bonds. The molecule has 5 nitrogen and oxygen atoms in total. The van der Waals surface area contributed by atoms with Gasteiger partial charge in [0.15, 0.2) is 5.96 Å². The fraction of sp³-hybridized carbons (Fsp3) is 0.667. The summed E-state index contributed by atoms with van der Waals surface area (Å²) in [5.74, 6) is 1.52. The van der Waals surface area contributed by atoms with Crippen LogP contribution in [0.4, 0.5) is 0 Å². The Bertz CT molecular complexity index is 549. The Labute approximate surface area is 159 Å². The van der Waals surface area contributed by atoms with Crippen LogP contribution in [0.25, 0.3) is 0 Å². The molecule has 0 aliphatic carbocycles. The Hall–Kier alpha value is -1.59. The average molecular weight is 360 g/mol. The van der Waals surface area contributed by atoms with Gasteiger partial charge < -0.3 is 20.4 Å². The number of aliphatic imine (C=N–C) groups is 1. The van der Waals surface area contributed by atoms with E-state index in [9.17, 15) is 0 Å². The van der Waals surface area contributed by atoms with Gasteiger partial charge in [0.2, 0.25) is 0 Å². The van der Waals surface area contributed by atoms with E-state index >= 15 is 0 Å². The second-order valence-corrected chi connectivity index (χ2v) is 7.41. The maximum Gasteiger partial charge on any atom is 0.191 e. The molecule has 1 aliphatic heterocycles. The molecule has 2 N–H and O–H groups in total. The lowest BCUT2D eigenvalue weighted by Crippen LogP contribution is -2.47. The highest BCUT2D eigenvalue weighted by Gasteiger charge is 2.16. The fourth-order valence-corrected chi connectivity index (χ4v) is 3.37. The second kappa shape index (κ2) is 11.2. The molecule has 2 rings (SSSR count). The van der Waals surface area contributed by atoms with E-state index in [2.05, 4.69) is 72.5 Å². The molecule has 0 aromatic heterocycles. The first-order valence-corrected chi connectivity index (χ1v) is 10.1. The van der Waals surface area contributed by atoms with Crippen LogP contribution in [-0.4, -0.2) is 68.6 Å². The zero-order valence-electron chi connectivity index (χ0n) is 17.1. The average Bonchev–Trinajstić information content (AvgIpc) is 2.66. The van der Waals surface area contributed by atoms with Gasteiger partial charge in [-0.05, 0) is 37.4 Å². The van der Waals surface area contributed by atoms with Crippen molar-refractivity contribution >= 4 is 5.96 Å². The summed E-state index contributed by atoms with van der Waals surface area (Å²) in [6.45, 7) is 15.1. The molecule has 0 bridgehead atoms. The van der Waals surface area contributed by atoms with Gasteiger partial charge in [-0.3, -0.25) is 0 Å². The molecule has 1 fully saturated rings. The lowest BCUT2D eigenvalue weighted by Gasteiger charge is -2.34. The summed E-state index contributed by atoms with van der Waals surface area (Å²) < 4.78 is 0. The van der Waals surface area contributed by atoms with Crippen LogP contribution in [0.15, 0.2) is 29.3 Å². The number of nitrogens with zero attached hydrogens (tertiary/aromatic N) is 3. The third kappa shape index (κ3) is 6.96. The van der Waals surface area contributed by atoms with Crippen molar-refractivity contribution in [1.29, 1.82) is 0 Å². The van der Waals surface area contributed by atoms with E-state index in [-0.39, 0.29) is 0 Å². The van der Waals surface area contributed by atoms with E-state index in [1.807, 2.05) is 0 Å². The van der Waals surface area contributed by atoms with E-state index in [1.165, 1.54) is 37.3 Å². The Morgan fingerprint density at radius 2 is 1.77 bits per heavy atom. The fourth-order valence-electron chi connectivity index (χ4n) is 3.37. The lowest BCUT2D eigenvalue weighted by molar-refractivity contribution is 0.139. The molecular formula is C21H37N5. The van der Waals surface area contributed by atoms with Crippen molar-refractivity contribution in [2.24, 2.45) is 10.9 Å².